The Hall–Kier alpha value is -1.85. The molecular formula is C13H19N3O3. The highest BCUT2D eigenvalue weighted by atomic mass is 16.4. The number of nitrogens with one attached hydrogen (secondary N) is 2. The van der Waals surface area contributed by atoms with Crippen LogP contribution in [0.25, 0.3) is 0 Å². The van der Waals surface area contributed by atoms with Crippen LogP contribution in [0.3, 0.4) is 0 Å². The van der Waals surface area contributed by atoms with Crippen molar-refractivity contribution in [1.82, 2.24) is 15.5 Å². The molecule has 1 aliphatic rings. The van der Waals surface area contributed by atoms with E-state index in [2.05, 4.69) is 15.5 Å². The molecule has 1 saturated carbocycles. The Morgan fingerprint density at radius 1 is 1.42 bits per heavy atom. The number of rotatable bonds is 4. The van der Waals surface area contributed by atoms with Crippen LogP contribution >= 0.6 is 0 Å². The second-order valence-corrected chi connectivity index (χ2v) is 5.08. The molecule has 6 heteroatoms. The Morgan fingerprint density at radius 2 is 2.11 bits per heavy atom. The minimum absolute atomic E-state index is 0.258. The largest absolute Gasteiger partial charge is 0.480 e. The lowest BCUT2D eigenvalue weighted by Crippen LogP contribution is -2.38. The Kier molecular flexibility index (Phi) is 4.19. The number of nitrogens with zero attached hydrogens (tertiary/aromatic N) is 1. The lowest BCUT2D eigenvalue weighted by molar-refractivity contribution is -0.138. The summed E-state index contributed by atoms with van der Waals surface area (Å²) in [6.45, 7) is 1.43. The summed E-state index contributed by atoms with van der Waals surface area (Å²) in [5, 5.41) is 18.0. The Bertz CT molecular complexity index is 463. The van der Waals surface area contributed by atoms with Crippen LogP contribution in [0.1, 0.15) is 61.1 Å². The number of aromatic amines is 1. The molecule has 1 aliphatic carbocycles. The van der Waals surface area contributed by atoms with Gasteiger partial charge in [0, 0.05) is 11.6 Å². The summed E-state index contributed by atoms with van der Waals surface area (Å²) in [5.41, 5.74) is 1.24. The monoisotopic (exact) mass is 265 g/mol. The van der Waals surface area contributed by atoms with E-state index in [0.717, 1.165) is 18.5 Å². The van der Waals surface area contributed by atoms with Crippen molar-refractivity contribution in [2.24, 2.45) is 0 Å². The predicted octanol–water partition coefficient (Wildman–Crippen LogP) is 1.66. The second kappa shape index (κ2) is 5.86. The van der Waals surface area contributed by atoms with Gasteiger partial charge in [0.2, 0.25) is 0 Å². The van der Waals surface area contributed by atoms with E-state index in [-0.39, 0.29) is 5.69 Å². The number of carboxylic acid groups (broad SMARTS) is 1. The van der Waals surface area contributed by atoms with E-state index in [1.165, 1.54) is 26.2 Å². The number of aromatic nitrogens is 2. The van der Waals surface area contributed by atoms with Crippen LogP contribution in [0.2, 0.25) is 0 Å². The number of hydrogen-bond acceptors (Lipinski definition) is 3. The quantitative estimate of drug-likeness (QED) is 0.771. The van der Waals surface area contributed by atoms with E-state index in [4.69, 9.17) is 5.11 Å². The van der Waals surface area contributed by atoms with Crippen molar-refractivity contribution >= 4 is 11.9 Å². The second-order valence-electron chi connectivity index (χ2n) is 5.08. The molecule has 1 atom stereocenters. The summed E-state index contributed by atoms with van der Waals surface area (Å²) in [6.07, 6.45) is 5.93. The van der Waals surface area contributed by atoms with E-state index in [1.807, 2.05) is 0 Å². The molecule has 1 heterocycles. The first-order valence-electron chi connectivity index (χ1n) is 6.67. The topological polar surface area (TPSA) is 95.1 Å². The third kappa shape index (κ3) is 3.33. The van der Waals surface area contributed by atoms with Crippen LogP contribution in [0, 0.1) is 0 Å². The van der Waals surface area contributed by atoms with Gasteiger partial charge in [0.1, 0.15) is 11.7 Å². The van der Waals surface area contributed by atoms with Gasteiger partial charge in [-0.25, -0.2) is 0 Å². The third-order valence-corrected chi connectivity index (χ3v) is 3.59. The molecule has 6 nitrogen and oxygen atoms in total. The summed E-state index contributed by atoms with van der Waals surface area (Å²) in [5.74, 6) is -1.07. The van der Waals surface area contributed by atoms with Crippen molar-refractivity contribution in [1.29, 1.82) is 0 Å². The molecule has 0 unspecified atom stereocenters. The number of amides is 1. The molecule has 0 aliphatic heterocycles. The number of hydrogen-bond donors (Lipinski definition) is 3. The van der Waals surface area contributed by atoms with Gasteiger partial charge in [-0.2, -0.15) is 5.10 Å². The molecule has 1 aromatic heterocycles. The fourth-order valence-corrected chi connectivity index (χ4v) is 2.41. The van der Waals surface area contributed by atoms with Crippen LogP contribution in [0.15, 0.2) is 6.07 Å². The zero-order valence-electron chi connectivity index (χ0n) is 11.0. The third-order valence-electron chi connectivity index (χ3n) is 3.59. The molecule has 0 radical (unpaired) electrons. The average molecular weight is 265 g/mol. The van der Waals surface area contributed by atoms with Gasteiger partial charge in [-0.1, -0.05) is 19.3 Å². The molecule has 1 amide bonds. The highest BCUT2D eigenvalue weighted by Crippen LogP contribution is 2.31. The molecular weight excluding hydrogens is 246 g/mol. The number of H-pyrrole nitrogens is 1. The lowest BCUT2D eigenvalue weighted by atomic mass is 9.87. The fraction of sp³-hybridized carbons (Fsp3) is 0.615. The zero-order chi connectivity index (χ0) is 13.8. The summed E-state index contributed by atoms with van der Waals surface area (Å²) in [6, 6.07) is 0.821. The molecule has 0 aromatic carbocycles. The van der Waals surface area contributed by atoms with Crippen LogP contribution in [-0.4, -0.2) is 33.2 Å². The van der Waals surface area contributed by atoms with Crippen LogP contribution in [-0.2, 0) is 4.79 Å². The van der Waals surface area contributed by atoms with E-state index in [9.17, 15) is 9.59 Å². The van der Waals surface area contributed by atoms with Crippen molar-refractivity contribution < 1.29 is 14.7 Å². The fourth-order valence-electron chi connectivity index (χ4n) is 2.41. The van der Waals surface area contributed by atoms with Crippen LogP contribution in [0.5, 0.6) is 0 Å². The molecule has 104 valence electrons. The highest BCUT2D eigenvalue weighted by molar-refractivity contribution is 5.94. The first kappa shape index (κ1) is 13.6. The smallest absolute Gasteiger partial charge is 0.325 e. The van der Waals surface area contributed by atoms with Gasteiger partial charge < -0.3 is 10.4 Å². The van der Waals surface area contributed by atoms with Crippen LogP contribution < -0.4 is 5.32 Å². The molecule has 0 saturated heterocycles. The van der Waals surface area contributed by atoms with Crippen LogP contribution in [0.4, 0.5) is 0 Å². The number of carbonyl (C=O) groups excluding carboxylic acids is 1. The van der Waals surface area contributed by atoms with E-state index < -0.39 is 17.9 Å². The van der Waals surface area contributed by atoms with Crippen molar-refractivity contribution in [2.75, 3.05) is 0 Å². The molecule has 0 bridgehead atoms. The minimum atomic E-state index is -1.06. The number of carboxylic acids is 1. The van der Waals surface area contributed by atoms with Gasteiger partial charge in [0.15, 0.2) is 0 Å². The van der Waals surface area contributed by atoms with Gasteiger partial charge in [0.05, 0.1) is 0 Å². The van der Waals surface area contributed by atoms with Gasteiger partial charge in [0.25, 0.3) is 5.91 Å². The number of aliphatic carboxylic acids is 1. The lowest BCUT2D eigenvalue weighted by Gasteiger charge is -2.19. The van der Waals surface area contributed by atoms with Gasteiger partial charge in [-0.15, -0.1) is 0 Å². The molecule has 0 spiro atoms. The van der Waals surface area contributed by atoms with Gasteiger partial charge in [-0.3, -0.25) is 14.7 Å². The molecule has 2 rings (SSSR count). The predicted molar refractivity (Wildman–Crippen MR) is 69.0 cm³/mol. The summed E-state index contributed by atoms with van der Waals surface area (Å²) >= 11 is 0. The maximum Gasteiger partial charge on any atom is 0.325 e. The Labute approximate surface area is 111 Å². The van der Waals surface area contributed by atoms with Crippen molar-refractivity contribution in [3.05, 3.63) is 17.5 Å². The SMILES string of the molecule is C[C@@H](NC(=O)c1cc(C2CCCCC2)[nH]n1)C(=O)O. The molecule has 1 aromatic rings. The van der Waals surface area contributed by atoms with Crippen molar-refractivity contribution in [3.8, 4) is 0 Å². The van der Waals surface area contributed by atoms with Crippen molar-refractivity contribution in [2.45, 2.75) is 51.0 Å². The normalized spacial score (nSPS) is 17.9. The minimum Gasteiger partial charge on any atom is -0.480 e. The van der Waals surface area contributed by atoms with E-state index >= 15 is 0 Å². The number of carbonyl (C=O) groups is 2. The average Bonchev–Trinajstić information content (AvgIpc) is 2.89. The zero-order valence-corrected chi connectivity index (χ0v) is 11.0. The standard InChI is InChI=1S/C13H19N3O3/c1-8(13(18)19)14-12(17)11-7-10(15-16-11)9-5-3-2-4-6-9/h7-9H,2-6H2,1H3,(H,14,17)(H,15,16)(H,18,19)/t8-/m1/s1. The Balaban J connectivity index is 1.99. The summed E-state index contributed by atoms with van der Waals surface area (Å²) in [4.78, 5) is 22.5. The highest BCUT2D eigenvalue weighted by Gasteiger charge is 2.21. The summed E-state index contributed by atoms with van der Waals surface area (Å²) < 4.78 is 0. The maximum atomic E-state index is 11.8. The first-order valence-corrected chi connectivity index (χ1v) is 6.67. The van der Waals surface area contributed by atoms with Gasteiger partial charge >= 0.3 is 5.97 Å². The summed E-state index contributed by atoms with van der Waals surface area (Å²) in [7, 11) is 0. The van der Waals surface area contributed by atoms with Crippen molar-refractivity contribution in [3.63, 3.8) is 0 Å². The molecule has 19 heavy (non-hydrogen) atoms. The van der Waals surface area contributed by atoms with E-state index in [1.54, 1.807) is 6.07 Å². The maximum absolute atomic E-state index is 11.8. The van der Waals surface area contributed by atoms with E-state index in [0.29, 0.717) is 5.92 Å². The molecule has 3 N–H and O–H groups in total. The first-order chi connectivity index (χ1) is 9.08. The Morgan fingerprint density at radius 3 is 2.74 bits per heavy atom. The molecule has 1 fully saturated rings. The van der Waals surface area contributed by atoms with Gasteiger partial charge in [-0.05, 0) is 25.8 Å².